The number of carboxylic acids is 1. The fourth-order valence-electron chi connectivity index (χ4n) is 1.71. The SMILES string of the molecule is Cl.O=C(O)CCCCCCNCc1ccccc1. The summed E-state index contributed by atoms with van der Waals surface area (Å²) in [5.41, 5.74) is 1.30. The Hall–Kier alpha value is -1.06. The zero-order valence-corrected chi connectivity index (χ0v) is 11.4. The number of carbonyl (C=O) groups is 1. The minimum Gasteiger partial charge on any atom is -0.481 e. The van der Waals surface area contributed by atoms with Crippen LogP contribution in [0.25, 0.3) is 0 Å². The third kappa shape index (κ3) is 9.02. The first-order valence-corrected chi connectivity index (χ1v) is 6.25. The van der Waals surface area contributed by atoms with Crippen molar-refractivity contribution in [2.75, 3.05) is 6.54 Å². The smallest absolute Gasteiger partial charge is 0.303 e. The summed E-state index contributed by atoms with van der Waals surface area (Å²) in [4.78, 5) is 10.3. The maximum Gasteiger partial charge on any atom is 0.303 e. The van der Waals surface area contributed by atoms with Crippen LogP contribution in [-0.4, -0.2) is 17.6 Å². The highest BCUT2D eigenvalue weighted by molar-refractivity contribution is 5.85. The van der Waals surface area contributed by atoms with Crippen molar-refractivity contribution in [2.45, 2.75) is 38.6 Å². The fourth-order valence-corrected chi connectivity index (χ4v) is 1.71. The molecule has 0 bridgehead atoms. The first kappa shape index (κ1) is 16.9. The Labute approximate surface area is 115 Å². The number of rotatable bonds is 9. The molecule has 0 amide bonds. The Morgan fingerprint density at radius 2 is 1.72 bits per heavy atom. The summed E-state index contributed by atoms with van der Waals surface area (Å²) in [5.74, 6) is -0.688. The van der Waals surface area contributed by atoms with E-state index in [2.05, 4.69) is 17.4 Å². The van der Waals surface area contributed by atoms with Crippen LogP contribution in [-0.2, 0) is 11.3 Å². The topological polar surface area (TPSA) is 49.3 Å². The van der Waals surface area contributed by atoms with Crippen molar-refractivity contribution in [3.05, 3.63) is 35.9 Å². The Kier molecular flexibility index (Phi) is 10.4. The molecule has 0 radical (unpaired) electrons. The predicted octanol–water partition coefficient (Wildman–Crippen LogP) is 3.23. The van der Waals surface area contributed by atoms with E-state index in [-0.39, 0.29) is 12.4 Å². The number of carboxylic acid groups (broad SMARTS) is 1. The molecule has 1 aromatic carbocycles. The van der Waals surface area contributed by atoms with Crippen molar-refractivity contribution in [3.8, 4) is 0 Å². The van der Waals surface area contributed by atoms with E-state index in [0.29, 0.717) is 6.42 Å². The Bertz CT molecular complexity index is 317. The van der Waals surface area contributed by atoms with E-state index in [1.165, 1.54) is 5.56 Å². The molecule has 0 aromatic heterocycles. The molecule has 102 valence electrons. The van der Waals surface area contributed by atoms with Gasteiger partial charge in [-0.05, 0) is 24.9 Å². The predicted molar refractivity (Wildman–Crippen MR) is 76.1 cm³/mol. The molecule has 3 nitrogen and oxygen atoms in total. The third-order valence-corrected chi connectivity index (χ3v) is 2.67. The lowest BCUT2D eigenvalue weighted by Crippen LogP contribution is -2.14. The quantitative estimate of drug-likeness (QED) is 0.678. The molecular weight excluding hydrogens is 250 g/mol. The van der Waals surface area contributed by atoms with Crippen molar-refractivity contribution in [1.82, 2.24) is 5.32 Å². The van der Waals surface area contributed by atoms with E-state index < -0.39 is 5.97 Å². The lowest BCUT2D eigenvalue weighted by atomic mass is 10.1. The normalized spacial score (nSPS) is 9.78. The summed E-state index contributed by atoms with van der Waals surface area (Å²) in [6.45, 7) is 1.91. The minimum absolute atomic E-state index is 0. The molecule has 0 aliphatic heterocycles. The van der Waals surface area contributed by atoms with Crippen LogP contribution in [0, 0.1) is 0 Å². The molecule has 0 atom stereocenters. The van der Waals surface area contributed by atoms with Crippen molar-refractivity contribution < 1.29 is 9.90 Å². The second-order valence-corrected chi connectivity index (χ2v) is 4.22. The summed E-state index contributed by atoms with van der Waals surface area (Å²) in [6.07, 6.45) is 4.34. The molecule has 0 spiro atoms. The van der Waals surface area contributed by atoms with E-state index in [4.69, 9.17) is 5.11 Å². The third-order valence-electron chi connectivity index (χ3n) is 2.67. The number of halogens is 1. The fraction of sp³-hybridized carbons (Fsp3) is 0.500. The van der Waals surface area contributed by atoms with Crippen molar-refractivity contribution in [1.29, 1.82) is 0 Å². The summed E-state index contributed by atoms with van der Waals surface area (Å²) in [6, 6.07) is 10.3. The number of benzene rings is 1. The van der Waals surface area contributed by atoms with Crippen LogP contribution in [0.2, 0.25) is 0 Å². The first-order valence-electron chi connectivity index (χ1n) is 6.25. The van der Waals surface area contributed by atoms with E-state index in [1.54, 1.807) is 0 Å². The van der Waals surface area contributed by atoms with Gasteiger partial charge in [0.2, 0.25) is 0 Å². The van der Waals surface area contributed by atoms with Gasteiger partial charge in [0.05, 0.1) is 0 Å². The van der Waals surface area contributed by atoms with Gasteiger partial charge in [0.1, 0.15) is 0 Å². The molecule has 0 fully saturated rings. The number of unbranched alkanes of at least 4 members (excludes halogenated alkanes) is 3. The maximum absolute atomic E-state index is 10.3. The second-order valence-electron chi connectivity index (χ2n) is 4.22. The lowest BCUT2D eigenvalue weighted by molar-refractivity contribution is -0.137. The van der Waals surface area contributed by atoms with Crippen LogP contribution in [0.1, 0.15) is 37.7 Å². The zero-order chi connectivity index (χ0) is 12.3. The van der Waals surface area contributed by atoms with Gasteiger partial charge in [0, 0.05) is 13.0 Å². The molecular formula is C14H22ClNO2. The van der Waals surface area contributed by atoms with Crippen LogP contribution >= 0.6 is 12.4 Å². The molecule has 2 N–H and O–H groups in total. The maximum atomic E-state index is 10.3. The average molecular weight is 272 g/mol. The van der Waals surface area contributed by atoms with Crippen LogP contribution in [0.4, 0.5) is 0 Å². The van der Waals surface area contributed by atoms with E-state index in [9.17, 15) is 4.79 Å². The summed E-state index contributed by atoms with van der Waals surface area (Å²) >= 11 is 0. The number of nitrogens with one attached hydrogen (secondary N) is 1. The van der Waals surface area contributed by atoms with Gasteiger partial charge in [-0.3, -0.25) is 4.79 Å². The van der Waals surface area contributed by atoms with Gasteiger partial charge in [-0.15, -0.1) is 12.4 Å². The summed E-state index contributed by atoms with van der Waals surface area (Å²) < 4.78 is 0. The average Bonchev–Trinajstić information content (AvgIpc) is 2.33. The number of hydrogen-bond acceptors (Lipinski definition) is 2. The molecule has 0 saturated carbocycles. The Morgan fingerprint density at radius 1 is 1.06 bits per heavy atom. The first-order chi connectivity index (χ1) is 8.29. The molecule has 1 aromatic rings. The van der Waals surface area contributed by atoms with Gasteiger partial charge in [-0.2, -0.15) is 0 Å². The van der Waals surface area contributed by atoms with Crippen molar-refractivity contribution >= 4 is 18.4 Å². The van der Waals surface area contributed by atoms with Crippen LogP contribution in [0.5, 0.6) is 0 Å². The van der Waals surface area contributed by atoms with Gasteiger partial charge in [-0.25, -0.2) is 0 Å². The van der Waals surface area contributed by atoms with E-state index >= 15 is 0 Å². The highest BCUT2D eigenvalue weighted by Gasteiger charge is 1.96. The van der Waals surface area contributed by atoms with Gasteiger partial charge < -0.3 is 10.4 Å². The molecule has 0 aliphatic carbocycles. The van der Waals surface area contributed by atoms with Crippen LogP contribution in [0.15, 0.2) is 30.3 Å². The van der Waals surface area contributed by atoms with E-state index in [1.807, 2.05) is 18.2 Å². The zero-order valence-electron chi connectivity index (χ0n) is 10.6. The number of aliphatic carboxylic acids is 1. The minimum atomic E-state index is -0.688. The second kappa shape index (κ2) is 11.1. The molecule has 0 heterocycles. The molecule has 4 heteroatoms. The molecule has 0 saturated heterocycles. The molecule has 1 rings (SSSR count). The van der Waals surface area contributed by atoms with Crippen molar-refractivity contribution in [2.24, 2.45) is 0 Å². The van der Waals surface area contributed by atoms with E-state index in [0.717, 1.165) is 38.8 Å². The van der Waals surface area contributed by atoms with Crippen molar-refractivity contribution in [3.63, 3.8) is 0 Å². The van der Waals surface area contributed by atoms with Crippen LogP contribution < -0.4 is 5.32 Å². The van der Waals surface area contributed by atoms with Gasteiger partial charge in [0.15, 0.2) is 0 Å². The van der Waals surface area contributed by atoms with Crippen LogP contribution in [0.3, 0.4) is 0 Å². The molecule has 18 heavy (non-hydrogen) atoms. The van der Waals surface area contributed by atoms with Gasteiger partial charge in [-0.1, -0.05) is 43.2 Å². The highest BCUT2D eigenvalue weighted by atomic mass is 35.5. The summed E-state index contributed by atoms with van der Waals surface area (Å²) in [5, 5.41) is 11.9. The largest absolute Gasteiger partial charge is 0.481 e. The lowest BCUT2D eigenvalue weighted by Gasteiger charge is -2.04. The Balaban J connectivity index is 0.00000289. The van der Waals surface area contributed by atoms with Gasteiger partial charge in [0.25, 0.3) is 0 Å². The summed E-state index contributed by atoms with van der Waals surface area (Å²) in [7, 11) is 0. The van der Waals surface area contributed by atoms with Gasteiger partial charge >= 0.3 is 5.97 Å². The molecule has 0 aliphatic rings. The highest BCUT2D eigenvalue weighted by Crippen LogP contribution is 2.02. The standard InChI is InChI=1S/C14H21NO2.ClH/c16-14(17)10-6-1-2-7-11-15-12-13-8-4-3-5-9-13;/h3-5,8-9,15H,1-2,6-7,10-12H2,(H,16,17);1H. The Morgan fingerprint density at radius 3 is 2.39 bits per heavy atom. The molecule has 0 unspecified atom stereocenters. The number of hydrogen-bond donors (Lipinski definition) is 2. The monoisotopic (exact) mass is 271 g/mol.